The third-order valence-corrected chi connectivity index (χ3v) is 14.2. The molecule has 0 radical (unpaired) electrons. The Hall–Kier alpha value is -1.49. The van der Waals surface area contributed by atoms with E-state index in [9.17, 15) is 40.5 Å². The van der Waals surface area contributed by atoms with Crippen molar-refractivity contribution in [3.8, 4) is 0 Å². The highest BCUT2D eigenvalue weighted by molar-refractivity contribution is 5.27. The molecule has 1 aromatic heterocycles. The number of ether oxygens (including phenoxy) is 4. The third kappa shape index (κ3) is 5.76. The minimum absolute atomic E-state index is 0.0284. The second-order valence-electron chi connectivity index (χ2n) is 16.4. The molecular formula is C36H54O13. The number of aliphatic hydroxyl groups excluding tert-OH is 6. The fourth-order valence-electron chi connectivity index (χ4n) is 11.2. The number of rotatable bonds is 6. The maximum absolute atomic E-state index is 12.5. The summed E-state index contributed by atoms with van der Waals surface area (Å²) in [4.78, 5) is 11.6. The minimum Gasteiger partial charge on any atom is -0.431 e. The van der Waals surface area contributed by atoms with Crippen molar-refractivity contribution < 1.29 is 59.1 Å². The molecule has 7 N–H and O–H groups in total. The van der Waals surface area contributed by atoms with Crippen LogP contribution in [0.4, 0.5) is 0 Å². The van der Waals surface area contributed by atoms with Gasteiger partial charge in [0.25, 0.3) is 0 Å². The standard InChI is InChI=1S/C36H54O13/c1-17-31(49-33-29(42)27(40)26(39)24(15-37)48-33)28(41)30(43)32(46-17)47-20-8-11-34(2)19(14-20)5-6-23-22(34)9-12-35(3)21(10-13-36(23,35)44)18-4-7-25(38)45-16-18/h4,7,16-17,19-24,26-33,37,39-44H,5-6,8-15H2,1-3H3/t17-,19?,20-,21+,22?,23?,24+,26+,27-,28-,29+,30+,31-,32-,33-,34-,35+,36-/m0/s1. The Morgan fingerprint density at radius 1 is 0.816 bits per heavy atom. The van der Waals surface area contributed by atoms with Gasteiger partial charge in [-0.2, -0.15) is 0 Å². The van der Waals surface area contributed by atoms with Crippen LogP contribution in [0.15, 0.2) is 27.6 Å². The summed E-state index contributed by atoms with van der Waals surface area (Å²) in [5.41, 5.74) is -0.433. The van der Waals surface area contributed by atoms with Gasteiger partial charge in [-0.1, -0.05) is 13.8 Å². The third-order valence-electron chi connectivity index (χ3n) is 14.2. The Bertz CT molecular complexity index is 1370. The zero-order valence-corrected chi connectivity index (χ0v) is 28.5. The SMILES string of the molecule is C[C@@H]1O[C@@H](O[C@H]2CC[C@@]3(C)C(CCC4C3CC[C@]3(C)[C@@H](c5ccc(=O)oc5)CC[C@]43O)C2)[C@H](O)[C@H](O)[C@H]1O[C@@H]1O[C@H](CO)[C@@H](O)[C@H](O)[C@H]1O. The first kappa shape index (κ1) is 35.9. The molecule has 49 heavy (non-hydrogen) atoms. The number of aliphatic hydroxyl groups is 7. The lowest BCUT2D eigenvalue weighted by molar-refractivity contribution is -0.360. The van der Waals surface area contributed by atoms with Gasteiger partial charge >= 0.3 is 5.63 Å². The van der Waals surface area contributed by atoms with E-state index < -0.39 is 73.6 Å². The van der Waals surface area contributed by atoms with Crippen LogP contribution in [0, 0.1) is 28.6 Å². The monoisotopic (exact) mass is 694 g/mol. The molecule has 7 rings (SSSR count). The van der Waals surface area contributed by atoms with E-state index in [0.717, 1.165) is 63.4 Å². The highest BCUT2D eigenvalue weighted by atomic mass is 16.7. The molecular weight excluding hydrogens is 640 g/mol. The minimum atomic E-state index is -1.66. The molecule has 3 unspecified atom stereocenters. The van der Waals surface area contributed by atoms with Crippen LogP contribution in [0.25, 0.3) is 0 Å². The van der Waals surface area contributed by atoms with Crippen molar-refractivity contribution in [1.82, 2.24) is 0 Å². The molecule has 4 aliphatic carbocycles. The lowest BCUT2D eigenvalue weighted by Gasteiger charge is -2.63. The maximum atomic E-state index is 12.5. The zero-order chi connectivity index (χ0) is 35.0. The molecule has 13 heteroatoms. The van der Waals surface area contributed by atoms with Crippen molar-refractivity contribution in [2.45, 2.75) is 158 Å². The normalized spacial score (nSPS) is 53.0. The van der Waals surface area contributed by atoms with Crippen LogP contribution in [0.5, 0.6) is 0 Å². The summed E-state index contributed by atoms with van der Waals surface area (Å²) in [7, 11) is 0. The summed E-state index contributed by atoms with van der Waals surface area (Å²) in [5.74, 6) is 1.06. The molecule has 2 aliphatic heterocycles. The highest BCUT2D eigenvalue weighted by Gasteiger charge is 2.67. The predicted molar refractivity (Wildman–Crippen MR) is 171 cm³/mol. The molecule has 0 aromatic carbocycles. The Morgan fingerprint density at radius 2 is 1.55 bits per heavy atom. The van der Waals surface area contributed by atoms with Gasteiger partial charge in [0.2, 0.25) is 0 Å². The van der Waals surface area contributed by atoms with Gasteiger partial charge < -0.3 is 59.1 Å². The molecule has 3 heterocycles. The van der Waals surface area contributed by atoms with Crippen molar-refractivity contribution in [3.63, 3.8) is 0 Å². The van der Waals surface area contributed by atoms with Crippen molar-refractivity contribution in [2.24, 2.45) is 28.6 Å². The fraction of sp³-hybridized carbons (Fsp3) is 0.861. The van der Waals surface area contributed by atoms with Crippen LogP contribution in [-0.2, 0) is 18.9 Å². The Kier molecular flexibility index (Phi) is 9.65. The van der Waals surface area contributed by atoms with E-state index in [2.05, 4.69) is 13.8 Å². The molecule has 4 saturated carbocycles. The van der Waals surface area contributed by atoms with Gasteiger partial charge in [0.05, 0.1) is 30.7 Å². The highest BCUT2D eigenvalue weighted by Crippen LogP contribution is 2.70. The first-order valence-corrected chi connectivity index (χ1v) is 18.2. The Morgan fingerprint density at radius 3 is 2.27 bits per heavy atom. The summed E-state index contributed by atoms with van der Waals surface area (Å²) in [6, 6.07) is 3.34. The zero-order valence-electron chi connectivity index (χ0n) is 28.5. The lowest BCUT2D eigenvalue weighted by Crippen LogP contribution is -2.64. The summed E-state index contributed by atoms with van der Waals surface area (Å²) in [6.07, 6.45) is -4.26. The van der Waals surface area contributed by atoms with Gasteiger partial charge in [-0.15, -0.1) is 0 Å². The van der Waals surface area contributed by atoms with Crippen LogP contribution in [0.1, 0.15) is 90.0 Å². The summed E-state index contributed by atoms with van der Waals surface area (Å²) >= 11 is 0. The van der Waals surface area contributed by atoms with E-state index in [-0.39, 0.29) is 34.4 Å². The predicted octanol–water partition coefficient (Wildman–Crippen LogP) is 0.918. The average Bonchev–Trinajstić information content (AvgIpc) is 3.36. The van der Waals surface area contributed by atoms with Gasteiger partial charge in [-0.05, 0) is 105 Å². The van der Waals surface area contributed by atoms with Crippen LogP contribution in [-0.4, -0.2) is 115 Å². The first-order valence-electron chi connectivity index (χ1n) is 18.2. The van der Waals surface area contributed by atoms with E-state index in [1.807, 2.05) is 6.07 Å². The Labute approximate surface area is 286 Å². The van der Waals surface area contributed by atoms with Crippen molar-refractivity contribution in [1.29, 1.82) is 0 Å². The van der Waals surface area contributed by atoms with E-state index in [4.69, 9.17) is 23.4 Å². The van der Waals surface area contributed by atoms with Crippen molar-refractivity contribution >= 4 is 0 Å². The second kappa shape index (κ2) is 13.2. The smallest absolute Gasteiger partial charge is 0.335 e. The van der Waals surface area contributed by atoms with Gasteiger partial charge in [-0.25, -0.2) is 4.79 Å². The van der Waals surface area contributed by atoms with Gasteiger partial charge in [-0.3, -0.25) is 0 Å². The van der Waals surface area contributed by atoms with E-state index >= 15 is 0 Å². The number of fused-ring (bicyclic) bond motifs is 5. The molecule has 6 fully saturated rings. The van der Waals surface area contributed by atoms with Gasteiger partial charge in [0.15, 0.2) is 12.6 Å². The van der Waals surface area contributed by atoms with Crippen LogP contribution in [0.3, 0.4) is 0 Å². The van der Waals surface area contributed by atoms with Crippen LogP contribution < -0.4 is 5.63 Å². The molecule has 0 spiro atoms. The molecule has 1 aromatic rings. The van der Waals surface area contributed by atoms with E-state index in [1.54, 1.807) is 13.2 Å². The molecule has 0 amide bonds. The van der Waals surface area contributed by atoms with Crippen LogP contribution in [0.2, 0.25) is 0 Å². The lowest BCUT2D eigenvalue weighted by atomic mass is 9.43. The average molecular weight is 695 g/mol. The first-order chi connectivity index (χ1) is 23.2. The Balaban J connectivity index is 0.983. The summed E-state index contributed by atoms with van der Waals surface area (Å²) < 4.78 is 28.8. The summed E-state index contributed by atoms with van der Waals surface area (Å²) in [5, 5.41) is 74.8. The second-order valence-corrected chi connectivity index (χ2v) is 16.4. The molecule has 2 saturated heterocycles. The van der Waals surface area contributed by atoms with E-state index in [1.165, 1.54) is 6.07 Å². The fourth-order valence-corrected chi connectivity index (χ4v) is 11.2. The van der Waals surface area contributed by atoms with Gasteiger partial charge in [0.1, 0.15) is 42.7 Å². The molecule has 6 aliphatic rings. The van der Waals surface area contributed by atoms with Gasteiger partial charge in [0, 0.05) is 11.5 Å². The number of hydrogen-bond acceptors (Lipinski definition) is 13. The largest absolute Gasteiger partial charge is 0.431 e. The number of hydrogen-bond donors (Lipinski definition) is 7. The molecule has 18 atom stereocenters. The maximum Gasteiger partial charge on any atom is 0.335 e. The summed E-state index contributed by atoms with van der Waals surface area (Å²) in [6.45, 7) is 5.63. The topological polar surface area (TPSA) is 209 Å². The molecule has 276 valence electrons. The van der Waals surface area contributed by atoms with E-state index in [0.29, 0.717) is 11.8 Å². The van der Waals surface area contributed by atoms with Crippen LogP contribution >= 0.6 is 0 Å². The van der Waals surface area contributed by atoms with Crippen molar-refractivity contribution in [2.75, 3.05) is 6.61 Å². The quantitative estimate of drug-likeness (QED) is 0.207. The molecule has 13 nitrogen and oxygen atoms in total. The molecule has 0 bridgehead atoms. The van der Waals surface area contributed by atoms with Crippen molar-refractivity contribution in [3.05, 3.63) is 34.4 Å².